The molecule has 1 saturated carbocycles. The predicted molar refractivity (Wildman–Crippen MR) is 193 cm³/mol. The molecule has 2 bridgehead atoms. The third-order valence-corrected chi connectivity index (χ3v) is 11.0. The molecule has 4 aromatic carbocycles. The highest BCUT2D eigenvalue weighted by Gasteiger charge is 2.34. The molecular formula is C43H40N2O2. The lowest BCUT2D eigenvalue weighted by Crippen LogP contribution is -2.11. The van der Waals surface area contributed by atoms with E-state index >= 15 is 0 Å². The molecule has 0 spiro atoms. The number of aromatic nitrogens is 2. The van der Waals surface area contributed by atoms with Crippen LogP contribution in [-0.4, -0.2) is 21.7 Å². The molecule has 9 rings (SSSR count). The van der Waals surface area contributed by atoms with Crippen molar-refractivity contribution in [3.63, 3.8) is 0 Å². The molecule has 1 fully saturated rings. The number of unbranched alkanes of at least 4 members (excludes halogenated alkanes) is 2. The molecule has 0 aliphatic heterocycles. The van der Waals surface area contributed by atoms with Crippen LogP contribution in [0.3, 0.4) is 0 Å². The summed E-state index contributed by atoms with van der Waals surface area (Å²) in [5.41, 5.74) is 8.52. The molecule has 3 atom stereocenters. The zero-order chi connectivity index (χ0) is 31.3. The summed E-state index contributed by atoms with van der Waals surface area (Å²) in [5, 5.41) is 3.65. The summed E-state index contributed by atoms with van der Waals surface area (Å²) in [6.45, 7) is 0.455. The van der Waals surface area contributed by atoms with E-state index in [0.29, 0.717) is 12.2 Å². The van der Waals surface area contributed by atoms with E-state index in [0.717, 1.165) is 71.4 Å². The minimum atomic E-state index is -0.252. The van der Waals surface area contributed by atoms with Crippen molar-refractivity contribution in [1.82, 2.24) is 9.13 Å². The molecule has 0 N–H and O–H groups in total. The Morgan fingerprint density at radius 1 is 0.723 bits per heavy atom. The summed E-state index contributed by atoms with van der Waals surface area (Å²) in [4.78, 5) is 13.8. The Labute approximate surface area is 276 Å². The van der Waals surface area contributed by atoms with Crippen molar-refractivity contribution in [3.8, 4) is 11.4 Å². The lowest BCUT2D eigenvalue weighted by molar-refractivity contribution is 0.0497. The Kier molecular flexibility index (Phi) is 7.10. The fourth-order valence-electron chi connectivity index (χ4n) is 8.80. The fourth-order valence-corrected chi connectivity index (χ4v) is 8.80. The highest BCUT2D eigenvalue weighted by atomic mass is 16.5. The zero-order valence-corrected chi connectivity index (χ0v) is 26.8. The van der Waals surface area contributed by atoms with Crippen LogP contribution in [0, 0.1) is 17.8 Å². The van der Waals surface area contributed by atoms with Crippen LogP contribution in [0.2, 0.25) is 0 Å². The summed E-state index contributed by atoms with van der Waals surface area (Å²) in [7, 11) is 0. The second kappa shape index (κ2) is 11.8. The SMILES string of the molecule is O=C(OCCCCCC1CC2C=CC1C2)c1cc(-n2c3c(c4ccccc42)C=CCC3)cc(-n2c3ccccc3c3ccccc32)c1. The van der Waals surface area contributed by atoms with Crippen molar-refractivity contribution in [2.75, 3.05) is 6.61 Å². The molecule has 6 aromatic rings. The van der Waals surface area contributed by atoms with Crippen LogP contribution in [0.4, 0.5) is 0 Å². The summed E-state index contributed by atoms with van der Waals surface area (Å²) < 4.78 is 10.7. The predicted octanol–water partition coefficient (Wildman–Crippen LogP) is 10.6. The van der Waals surface area contributed by atoms with Gasteiger partial charge in [-0.2, -0.15) is 0 Å². The van der Waals surface area contributed by atoms with Gasteiger partial charge in [-0.15, -0.1) is 0 Å². The second-order valence-electron chi connectivity index (χ2n) is 13.8. The Morgan fingerprint density at radius 3 is 2.11 bits per heavy atom. The molecule has 234 valence electrons. The summed E-state index contributed by atoms with van der Waals surface area (Å²) >= 11 is 0. The number of esters is 1. The number of rotatable bonds is 9. The highest BCUT2D eigenvalue weighted by molar-refractivity contribution is 6.09. The van der Waals surface area contributed by atoms with Gasteiger partial charge in [0.1, 0.15) is 0 Å². The minimum absolute atomic E-state index is 0.252. The van der Waals surface area contributed by atoms with Crippen LogP contribution in [0.15, 0.2) is 109 Å². The van der Waals surface area contributed by atoms with Crippen LogP contribution < -0.4 is 0 Å². The first-order valence-electron chi connectivity index (χ1n) is 17.5. The van der Waals surface area contributed by atoms with Gasteiger partial charge >= 0.3 is 5.97 Å². The van der Waals surface area contributed by atoms with E-state index in [2.05, 4.69) is 112 Å². The van der Waals surface area contributed by atoms with Gasteiger partial charge in [-0.1, -0.05) is 91.7 Å². The van der Waals surface area contributed by atoms with Gasteiger partial charge in [0.05, 0.1) is 28.7 Å². The van der Waals surface area contributed by atoms with Crippen LogP contribution >= 0.6 is 0 Å². The maximum atomic E-state index is 13.8. The van der Waals surface area contributed by atoms with Gasteiger partial charge in [-0.25, -0.2) is 4.79 Å². The van der Waals surface area contributed by atoms with E-state index in [9.17, 15) is 4.79 Å². The number of para-hydroxylation sites is 3. The number of nitrogens with zero attached hydrogens (tertiary/aromatic N) is 2. The summed E-state index contributed by atoms with van der Waals surface area (Å²) in [5.74, 6) is 2.26. The molecule has 2 heterocycles. The number of benzene rings is 4. The van der Waals surface area contributed by atoms with E-state index in [1.165, 1.54) is 53.1 Å². The molecule has 4 heteroatoms. The van der Waals surface area contributed by atoms with Gasteiger partial charge in [-0.3, -0.25) is 0 Å². The van der Waals surface area contributed by atoms with Crippen LogP contribution in [-0.2, 0) is 11.2 Å². The maximum absolute atomic E-state index is 13.8. The Morgan fingerprint density at radius 2 is 1.40 bits per heavy atom. The number of hydrogen-bond donors (Lipinski definition) is 0. The van der Waals surface area contributed by atoms with Crippen molar-refractivity contribution >= 4 is 44.8 Å². The number of ether oxygens (including phenoxy) is 1. The third-order valence-electron chi connectivity index (χ3n) is 11.0. The second-order valence-corrected chi connectivity index (χ2v) is 13.8. The van der Waals surface area contributed by atoms with Crippen molar-refractivity contribution in [2.45, 2.75) is 51.4 Å². The lowest BCUT2D eigenvalue weighted by Gasteiger charge is -2.18. The topological polar surface area (TPSA) is 36.2 Å². The van der Waals surface area contributed by atoms with Crippen LogP contribution in [0.1, 0.15) is 66.6 Å². The first-order valence-corrected chi connectivity index (χ1v) is 17.5. The smallest absolute Gasteiger partial charge is 0.338 e. The molecule has 4 nitrogen and oxygen atoms in total. The van der Waals surface area contributed by atoms with Crippen molar-refractivity contribution < 1.29 is 9.53 Å². The Balaban J connectivity index is 1.07. The van der Waals surface area contributed by atoms with Gasteiger partial charge in [0.25, 0.3) is 0 Å². The Hall–Kier alpha value is -4.83. The largest absolute Gasteiger partial charge is 0.462 e. The average Bonchev–Trinajstić information content (AvgIpc) is 3.90. The highest BCUT2D eigenvalue weighted by Crippen LogP contribution is 2.45. The first kappa shape index (κ1) is 28.4. The quantitative estimate of drug-likeness (QED) is 0.0920. The summed E-state index contributed by atoms with van der Waals surface area (Å²) in [6.07, 6.45) is 18.6. The fraction of sp³-hybridized carbons (Fsp3) is 0.279. The molecule has 47 heavy (non-hydrogen) atoms. The Bertz CT molecular complexity index is 2160. The molecule has 0 amide bonds. The van der Waals surface area contributed by atoms with Gasteiger partial charge in [0, 0.05) is 38.8 Å². The molecule has 2 aromatic heterocycles. The zero-order valence-electron chi connectivity index (χ0n) is 26.8. The number of carbonyl (C=O) groups is 1. The van der Waals surface area contributed by atoms with E-state index < -0.39 is 0 Å². The number of hydrogen-bond acceptors (Lipinski definition) is 2. The van der Waals surface area contributed by atoms with E-state index in [4.69, 9.17) is 4.74 Å². The maximum Gasteiger partial charge on any atom is 0.338 e. The monoisotopic (exact) mass is 616 g/mol. The van der Waals surface area contributed by atoms with Crippen molar-refractivity contribution in [1.29, 1.82) is 0 Å². The molecule has 0 radical (unpaired) electrons. The van der Waals surface area contributed by atoms with Gasteiger partial charge in [0.2, 0.25) is 0 Å². The van der Waals surface area contributed by atoms with Gasteiger partial charge in [-0.05, 0) is 92.7 Å². The standard InChI is InChI=1S/C43H40N2O2/c46-43(47-23-11-1-2-12-30-24-29-21-22-31(30)25-29)32-26-33(44-39-17-7-3-13-35(39)36-14-4-8-18-40(36)44)28-34(27-32)45-41-19-9-5-15-37(41)38-16-6-10-20-42(38)45/h3-9,13-19,21-22,26-31H,1-2,10-12,20,23-25H2. The molecule has 0 saturated heterocycles. The normalized spacial score (nSPS) is 19.7. The van der Waals surface area contributed by atoms with Crippen molar-refractivity contribution in [2.24, 2.45) is 17.8 Å². The van der Waals surface area contributed by atoms with Crippen LogP contribution in [0.25, 0.3) is 50.2 Å². The van der Waals surface area contributed by atoms with Gasteiger partial charge < -0.3 is 13.9 Å². The first-order chi connectivity index (χ1) is 23.2. The van der Waals surface area contributed by atoms with Crippen molar-refractivity contribution in [3.05, 3.63) is 126 Å². The van der Waals surface area contributed by atoms with E-state index in [1.54, 1.807) is 0 Å². The minimum Gasteiger partial charge on any atom is -0.462 e. The molecule has 3 aliphatic rings. The summed E-state index contributed by atoms with van der Waals surface area (Å²) in [6, 6.07) is 32.0. The van der Waals surface area contributed by atoms with Crippen LogP contribution in [0.5, 0.6) is 0 Å². The number of carbonyl (C=O) groups excluding carboxylic acids is 1. The molecular weight excluding hydrogens is 576 g/mol. The number of allylic oxidation sites excluding steroid dienone is 3. The van der Waals surface area contributed by atoms with E-state index in [1.807, 2.05) is 12.1 Å². The van der Waals surface area contributed by atoms with E-state index in [-0.39, 0.29) is 5.97 Å². The number of fused-ring (bicyclic) bond motifs is 8. The lowest BCUT2D eigenvalue weighted by atomic mass is 9.89. The third kappa shape index (κ3) is 4.93. The average molecular weight is 617 g/mol. The molecule has 3 aliphatic carbocycles. The van der Waals surface area contributed by atoms with Gasteiger partial charge in [0.15, 0.2) is 0 Å². The molecule has 3 unspecified atom stereocenters.